The molecule has 35 heavy (non-hydrogen) atoms. The van der Waals surface area contributed by atoms with Gasteiger partial charge in [0.2, 0.25) is 5.78 Å². The molecular formula is C30H21ClO4. The second-order valence-corrected chi connectivity index (χ2v) is 8.65. The monoisotopic (exact) mass is 480 g/mol. The normalized spacial score (nSPS) is 13.4. The molecule has 5 rings (SSSR count). The summed E-state index contributed by atoms with van der Waals surface area (Å²) in [6.07, 6.45) is 1.74. The first-order chi connectivity index (χ1) is 17.0. The number of fused-ring (bicyclic) bond motifs is 1. The van der Waals surface area contributed by atoms with Gasteiger partial charge in [0.25, 0.3) is 0 Å². The minimum atomic E-state index is -0.181. The molecule has 0 fully saturated rings. The van der Waals surface area contributed by atoms with Crippen molar-refractivity contribution in [1.82, 2.24) is 0 Å². The quantitative estimate of drug-likeness (QED) is 0.216. The van der Waals surface area contributed by atoms with Gasteiger partial charge in [-0.05, 0) is 66.1 Å². The number of Topliss-reactive ketones (excluding diaryl/α,β-unsaturated/α-hetero) is 2. The minimum absolute atomic E-state index is 0.133. The highest BCUT2D eigenvalue weighted by Crippen LogP contribution is 2.39. The van der Waals surface area contributed by atoms with E-state index in [1.54, 1.807) is 42.5 Å². The van der Waals surface area contributed by atoms with Gasteiger partial charge in [-0.2, -0.15) is 0 Å². The predicted octanol–water partition coefficient (Wildman–Crippen LogP) is 7.19. The van der Waals surface area contributed by atoms with E-state index in [9.17, 15) is 9.59 Å². The molecule has 0 saturated heterocycles. The van der Waals surface area contributed by atoms with Gasteiger partial charge in [0.1, 0.15) is 11.5 Å². The maximum Gasteiger partial charge on any atom is 0.231 e. The molecule has 0 amide bonds. The molecule has 4 nitrogen and oxygen atoms in total. The van der Waals surface area contributed by atoms with Crippen LogP contribution in [-0.2, 0) is 0 Å². The van der Waals surface area contributed by atoms with Crippen molar-refractivity contribution >= 4 is 29.2 Å². The van der Waals surface area contributed by atoms with Gasteiger partial charge in [-0.3, -0.25) is 9.59 Å². The lowest BCUT2D eigenvalue weighted by Gasteiger charge is -2.11. The molecule has 1 heterocycles. The van der Waals surface area contributed by atoms with Gasteiger partial charge in [-0.25, -0.2) is 0 Å². The van der Waals surface area contributed by atoms with E-state index in [1.807, 2.05) is 49.4 Å². The molecule has 0 bridgehead atoms. The highest BCUT2D eigenvalue weighted by atomic mass is 35.5. The summed E-state index contributed by atoms with van der Waals surface area (Å²) >= 11 is 5.88. The minimum Gasteiger partial charge on any atom is -0.485 e. The molecule has 0 aromatic heterocycles. The van der Waals surface area contributed by atoms with Crippen LogP contribution in [-0.4, -0.2) is 18.2 Å². The molecule has 0 N–H and O–H groups in total. The Morgan fingerprint density at radius 2 is 1.57 bits per heavy atom. The second kappa shape index (κ2) is 9.61. The number of allylic oxidation sites excluding steroid dienone is 1. The lowest BCUT2D eigenvalue weighted by Crippen LogP contribution is -2.12. The second-order valence-electron chi connectivity index (χ2n) is 8.21. The molecule has 1 aliphatic rings. The summed E-state index contributed by atoms with van der Waals surface area (Å²) in [5, 5.41) is 0.565. The van der Waals surface area contributed by atoms with E-state index >= 15 is 0 Å². The summed E-state index contributed by atoms with van der Waals surface area (Å²) in [4.78, 5) is 25.4. The van der Waals surface area contributed by atoms with Crippen LogP contribution in [0.15, 0.2) is 96.8 Å². The van der Waals surface area contributed by atoms with Gasteiger partial charge in [-0.15, -0.1) is 0 Å². The molecule has 0 unspecified atom stereocenters. The standard InChI is InChI=1S/C30H21ClO4/c1-19-27(34-18-26(32)23-11-13-24(31)14-12-23)16-15-25-29(33)28(35-30(19)25)17-20-7-9-22(10-8-20)21-5-3-2-4-6-21/h2-17H,18H2,1H3/b28-17-. The number of ketones is 2. The average Bonchev–Trinajstić information content (AvgIpc) is 3.20. The third kappa shape index (κ3) is 4.75. The van der Waals surface area contributed by atoms with E-state index in [2.05, 4.69) is 12.1 Å². The van der Waals surface area contributed by atoms with Crippen LogP contribution in [0.1, 0.15) is 31.8 Å². The molecule has 0 spiro atoms. The van der Waals surface area contributed by atoms with Crippen molar-refractivity contribution in [1.29, 1.82) is 0 Å². The maximum atomic E-state index is 12.9. The fraction of sp³-hybridized carbons (Fsp3) is 0.0667. The molecule has 0 aliphatic carbocycles. The summed E-state index contributed by atoms with van der Waals surface area (Å²) in [5.41, 5.74) is 4.76. The number of ether oxygens (including phenoxy) is 2. The smallest absolute Gasteiger partial charge is 0.231 e. The molecule has 0 atom stereocenters. The Kier molecular flexibility index (Phi) is 6.21. The molecule has 172 valence electrons. The van der Waals surface area contributed by atoms with Gasteiger partial charge < -0.3 is 9.47 Å². The first-order valence-electron chi connectivity index (χ1n) is 11.1. The number of carbonyl (C=O) groups is 2. The van der Waals surface area contributed by atoms with E-state index in [0.29, 0.717) is 33.2 Å². The molecule has 0 radical (unpaired) electrons. The largest absolute Gasteiger partial charge is 0.485 e. The van der Waals surface area contributed by atoms with Crippen LogP contribution in [0.4, 0.5) is 0 Å². The number of benzene rings is 4. The first-order valence-corrected chi connectivity index (χ1v) is 11.5. The van der Waals surface area contributed by atoms with Crippen LogP contribution in [0, 0.1) is 6.92 Å². The Morgan fingerprint density at radius 3 is 2.29 bits per heavy atom. The number of carbonyl (C=O) groups excluding carboxylic acids is 2. The Labute approximate surface area is 208 Å². The van der Waals surface area contributed by atoms with Gasteiger partial charge in [0.15, 0.2) is 18.1 Å². The fourth-order valence-corrected chi connectivity index (χ4v) is 4.07. The first kappa shape index (κ1) is 22.6. The number of halogens is 1. The highest BCUT2D eigenvalue weighted by molar-refractivity contribution is 6.30. The topological polar surface area (TPSA) is 52.6 Å². The van der Waals surface area contributed by atoms with E-state index in [-0.39, 0.29) is 23.9 Å². The Balaban J connectivity index is 1.31. The van der Waals surface area contributed by atoms with E-state index in [1.165, 1.54) is 0 Å². The van der Waals surface area contributed by atoms with E-state index < -0.39 is 0 Å². The van der Waals surface area contributed by atoms with Gasteiger partial charge in [-0.1, -0.05) is 66.2 Å². The zero-order valence-corrected chi connectivity index (χ0v) is 19.7. The molecule has 0 saturated carbocycles. The fourth-order valence-electron chi connectivity index (χ4n) is 3.94. The Hall–Kier alpha value is -4.15. The maximum absolute atomic E-state index is 12.9. The van der Waals surface area contributed by atoms with Crippen molar-refractivity contribution in [3.05, 3.63) is 124 Å². The lowest BCUT2D eigenvalue weighted by atomic mass is 10.0. The summed E-state index contributed by atoms with van der Waals surface area (Å²) in [7, 11) is 0. The molecule has 4 aromatic rings. The van der Waals surface area contributed by atoms with Crippen LogP contribution < -0.4 is 9.47 Å². The summed E-state index contributed by atoms with van der Waals surface area (Å²) in [6.45, 7) is 1.68. The highest BCUT2D eigenvalue weighted by Gasteiger charge is 2.30. The van der Waals surface area contributed by atoms with Gasteiger partial charge >= 0.3 is 0 Å². The Bertz CT molecular complexity index is 1440. The van der Waals surface area contributed by atoms with Crippen molar-refractivity contribution in [2.24, 2.45) is 0 Å². The summed E-state index contributed by atoms with van der Waals surface area (Å²) in [5.74, 6) is 0.855. The SMILES string of the molecule is Cc1c(OCC(=O)c2ccc(Cl)cc2)ccc2c1O/C(=C\c1ccc(-c3ccccc3)cc1)C2=O. The predicted molar refractivity (Wildman–Crippen MR) is 137 cm³/mol. The van der Waals surface area contributed by atoms with Crippen LogP contribution in [0.2, 0.25) is 5.02 Å². The molecule has 5 heteroatoms. The van der Waals surface area contributed by atoms with Crippen LogP contribution >= 0.6 is 11.6 Å². The molecule has 1 aliphatic heterocycles. The Morgan fingerprint density at radius 1 is 0.886 bits per heavy atom. The third-order valence-electron chi connectivity index (χ3n) is 5.88. The molecular weight excluding hydrogens is 460 g/mol. The van der Waals surface area contributed by atoms with Crippen molar-refractivity contribution in [2.75, 3.05) is 6.61 Å². The van der Waals surface area contributed by atoms with E-state index in [0.717, 1.165) is 16.7 Å². The van der Waals surface area contributed by atoms with Gasteiger partial charge in [0.05, 0.1) is 5.56 Å². The van der Waals surface area contributed by atoms with Crippen molar-refractivity contribution in [3.63, 3.8) is 0 Å². The summed E-state index contributed by atoms with van der Waals surface area (Å²) < 4.78 is 11.7. The van der Waals surface area contributed by atoms with Crippen molar-refractivity contribution in [2.45, 2.75) is 6.92 Å². The van der Waals surface area contributed by atoms with Crippen molar-refractivity contribution in [3.8, 4) is 22.6 Å². The zero-order chi connectivity index (χ0) is 24.4. The lowest BCUT2D eigenvalue weighted by molar-refractivity contribution is 0.0920. The van der Waals surface area contributed by atoms with E-state index in [4.69, 9.17) is 21.1 Å². The summed E-state index contributed by atoms with van der Waals surface area (Å²) in [6, 6.07) is 28.1. The zero-order valence-electron chi connectivity index (χ0n) is 19.0. The number of hydrogen-bond donors (Lipinski definition) is 0. The molecule has 4 aromatic carbocycles. The number of rotatable bonds is 6. The third-order valence-corrected chi connectivity index (χ3v) is 6.13. The van der Waals surface area contributed by atoms with Crippen LogP contribution in [0.25, 0.3) is 17.2 Å². The van der Waals surface area contributed by atoms with Crippen molar-refractivity contribution < 1.29 is 19.1 Å². The van der Waals surface area contributed by atoms with Crippen LogP contribution in [0.3, 0.4) is 0 Å². The number of hydrogen-bond acceptors (Lipinski definition) is 4. The van der Waals surface area contributed by atoms with Gasteiger partial charge in [0, 0.05) is 16.1 Å². The average molecular weight is 481 g/mol. The van der Waals surface area contributed by atoms with Crippen LogP contribution in [0.5, 0.6) is 11.5 Å².